The summed E-state index contributed by atoms with van der Waals surface area (Å²) in [5.41, 5.74) is 3.20. The van der Waals surface area contributed by atoms with Gasteiger partial charge in [0.1, 0.15) is 11.8 Å². The number of hydrogen-bond donors (Lipinski definition) is 2. The van der Waals surface area contributed by atoms with Gasteiger partial charge >= 0.3 is 0 Å². The van der Waals surface area contributed by atoms with E-state index in [0.29, 0.717) is 17.8 Å². The summed E-state index contributed by atoms with van der Waals surface area (Å²) in [6, 6.07) is 13.0. The molecule has 26 heavy (non-hydrogen) atoms. The molecular weight excluding hydrogens is 330 g/mol. The van der Waals surface area contributed by atoms with E-state index in [9.17, 15) is 9.59 Å². The minimum Gasteiger partial charge on any atom is -0.497 e. The Kier molecular flexibility index (Phi) is 4.24. The molecule has 0 aromatic heterocycles. The number of ether oxygens (including phenoxy) is 1. The van der Waals surface area contributed by atoms with Crippen molar-refractivity contribution < 1.29 is 14.3 Å². The summed E-state index contributed by atoms with van der Waals surface area (Å²) in [7, 11) is 1.62. The Labute approximate surface area is 152 Å². The van der Waals surface area contributed by atoms with Gasteiger partial charge in [0.05, 0.1) is 18.5 Å². The van der Waals surface area contributed by atoms with Crippen LogP contribution in [0.5, 0.6) is 5.75 Å². The molecule has 0 radical (unpaired) electrons. The van der Waals surface area contributed by atoms with Crippen molar-refractivity contribution in [3.05, 3.63) is 53.6 Å². The van der Waals surface area contributed by atoms with E-state index in [2.05, 4.69) is 15.5 Å². The van der Waals surface area contributed by atoms with Crippen LogP contribution in [0.15, 0.2) is 42.5 Å². The van der Waals surface area contributed by atoms with E-state index in [4.69, 9.17) is 4.74 Å². The fraction of sp³-hybridized carbons (Fsp3) is 0.300. The van der Waals surface area contributed by atoms with Gasteiger partial charge in [0.25, 0.3) is 5.91 Å². The minimum absolute atomic E-state index is 0.0175. The van der Waals surface area contributed by atoms with Crippen molar-refractivity contribution in [3.63, 3.8) is 0 Å². The number of fused-ring (bicyclic) bond motifs is 3. The maximum atomic E-state index is 12.5. The first kappa shape index (κ1) is 16.4. The molecule has 2 aliphatic rings. The van der Waals surface area contributed by atoms with Gasteiger partial charge < -0.3 is 20.3 Å². The number of nitrogens with one attached hydrogen (secondary N) is 2. The maximum absolute atomic E-state index is 12.5. The van der Waals surface area contributed by atoms with Gasteiger partial charge in [-0.15, -0.1) is 0 Å². The van der Waals surface area contributed by atoms with E-state index in [0.717, 1.165) is 36.4 Å². The monoisotopic (exact) mass is 351 g/mol. The molecule has 6 nitrogen and oxygen atoms in total. The summed E-state index contributed by atoms with van der Waals surface area (Å²) < 4.78 is 5.20. The number of rotatable bonds is 4. The highest BCUT2D eigenvalue weighted by atomic mass is 16.5. The van der Waals surface area contributed by atoms with Crippen molar-refractivity contribution >= 4 is 23.2 Å². The lowest BCUT2D eigenvalue weighted by atomic mass is 10.1. The first-order chi connectivity index (χ1) is 12.7. The van der Waals surface area contributed by atoms with E-state index in [-0.39, 0.29) is 17.9 Å². The van der Waals surface area contributed by atoms with Crippen LogP contribution in [-0.2, 0) is 11.3 Å². The van der Waals surface area contributed by atoms with Crippen molar-refractivity contribution in [2.24, 2.45) is 0 Å². The Morgan fingerprint density at radius 1 is 1.31 bits per heavy atom. The Hall–Kier alpha value is -3.02. The Balaban J connectivity index is 1.49. The van der Waals surface area contributed by atoms with Crippen LogP contribution in [0, 0.1) is 0 Å². The van der Waals surface area contributed by atoms with Gasteiger partial charge in [-0.1, -0.05) is 12.1 Å². The lowest BCUT2D eigenvalue weighted by Gasteiger charge is -2.33. The quantitative estimate of drug-likeness (QED) is 0.888. The van der Waals surface area contributed by atoms with Crippen LogP contribution in [0.3, 0.4) is 0 Å². The minimum atomic E-state index is -0.173. The molecule has 134 valence electrons. The van der Waals surface area contributed by atoms with Crippen LogP contribution >= 0.6 is 0 Å². The van der Waals surface area contributed by atoms with Gasteiger partial charge in [-0.3, -0.25) is 9.59 Å². The van der Waals surface area contributed by atoms with E-state index < -0.39 is 0 Å². The SMILES string of the molecule is COc1cccc(CNC(=O)c2ccc3c(c2)NC(=O)[C@H]2CCCN32)c1. The highest BCUT2D eigenvalue weighted by Crippen LogP contribution is 2.37. The normalized spacial score (nSPS) is 18.0. The molecule has 6 heteroatoms. The predicted octanol–water partition coefficient (Wildman–Crippen LogP) is 2.55. The topological polar surface area (TPSA) is 70.7 Å². The molecule has 1 fully saturated rings. The van der Waals surface area contributed by atoms with Crippen molar-refractivity contribution in [1.29, 1.82) is 0 Å². The molecule has 0 spiro atoms. The standard InChI is InChI=1S/C20H21N3O3/c1-26-15-5-2-4-13(10-15)12-21-19(24)14-7-8-17-16(11-14)22-20(25)18-6-3-9-23(17)18/h2,4-5,7-8,10-11,18H,3,6,9,12H2,1H3,(H,21,24)(H,22,25)/t18-/m1/s1. The summed E-state index contributed by atoms with van der Waals surface area (Å²) in [6.07, 6.45) is 1.90. The number of hydrogen-bond acceptors (Lipinski definition) is 4. The summed E-state index contributed by atoms with van der Waals surface area (Å²) in [6.45, 7) is 1.29. The zero-order valence-corrected chi connectivity index (χ0v) is 14.6. The molecule has 4 rings (SSSR count). The third-order valence-corrected chi connectivity index (χ3v) is 4.97. The second-order valence-corrected chi connectivity index (χ2v) is 6.61. The largest absolute Gasteiger partial charge is 0.497 e. The molecule has 0 bridgehead atoms. The van der Waals surface area contributed by atoms with Crippen molar-refractivity contribution in [1.82, 2.24) is 5.32 Å². The van der Waals surface area contributed by atoms with Gasteiger partial charge in [-0.25, -0.2) is 0 Å². The lowest BCUT2D eigenvalue weighted by molar-refractivity contribution is -0.117. The third-order valence-electron chi connectivity index (χ3n) is 4.97. The number of anilines is 2. The van der Waals surface area contributed by atoms with Crippen molar-refractivity contribution in [3.8, 4) is 5.75 Å². The summed E-state index contributed by atoms with van der Waals surface area (Å²) in [5.74, 6) is 0.603. The van der Waals surface area contributed by atoms with Gasteiger partial charge in [-0.05, 0) is 48.7 Å². The number of amides is 2. The molecule has 1 atom stereocenters. The summed E-state index contributed by atoms with van der Waals surface area (Å²) >= 11 is 0. The molecular formula is C20H21N3O3. The Morgan fingerprint density at radius 2 is 2.19 bits per heavy atom. The van der Waals surface area contributed by atoms with E-state index in [1.165, 1.54) is 0 Å². The average molecular weight is 351 g/mol. The Morgan fingerprint density at radius 3 is 3.04 bits per heavy atom. The first-order valence-electron chi connectivity index (χ1n) is 8.78. The molecule has 2 aliphatic heterocycles. The lowest BCUT2D eigenvalue weighted by Crippen LogP contribution is -2.44. The van der Waals surface area contributed by atoms with E-state index >= 15 is 0 Å². The first-order valence-corrected chi connectivity index (χ1v) is 8.78. The van der Waals surface area contributed by atoms with Crippen molar-refractivity contribution in [2.75, 3.05) is 23.9 Å². The molecule has 1 saturated heterocycles. The maximum Gasteiger partial charge on any atom is 0.251 e. The number of nitrogens with zero attached hydrogens (tertiary/aromatic N) is 1. The second-order valence-electron chi connectivity index (χ2n) is 6.61. The molecule has 2 amide bonds. The number of methoxy groups -OCH3 is 1. The number of benzene rings is 2. The van der Waals surface area contributed by atoms with Crippen LogP contribution in [0.4, 0.5) is 11.4 Å². The second kappa shape index (κ2) is 6.71. The van der Waals surface area contributed by atoms with Gasteiger partial charge in [-0.2, -0.15) is 0 Å². The zero-order valence-electron chi connectivity index (χ0n) is 14.6. The molecule has 2 N–H and O–H groups in total. The third kappa shape index (κ3) is 2.98. The highest BCUT2D eigenvalue weighted by molar-refractivity contribution is 6.06. The van der Waals surface area contributed by atoms with Gasteiger partial charge in [0, 0.05) is 18.7 Å². The number of carbonyl (C=O) groups excluding carboxylic acids is 2. The van der Waals surface area contributed by atoms with Crippen LogP contribution in [0.1, 0.15) is 28.8 Å². The van der Waals surface area contributed by atoms with E-state index in [1.54, 1.807) is 13.2 Å². The van der Waals surface area contributed by atoms with Crippen LogP contribution in [0.25, 0.3) is 0 Å². The summed E-state index contributed by atoms with van der Waals surface area (Å²) in [5, 5.41) is 5.85. The smallest absolute Gasteiger partial charge is 0.251 e. The van der Waals surface area contributed by atoms with Gasteiger partial charge in [0.2, 0.25) is 5.91 Å². The molecule has 2 aromatic rings. The van der Waals surface area contributed by atoms with E-state index in [1.807, 2.05) is 36.4 Å². The van der Waals surface area contributed by atoms with Crippen LogP contribution in [0.2, 0.25) is 0 Å². The number of carbonyl (C=O) groups is 2. The van der Waals surface area contributed by atoms with Gasteiger partial charge in [0.15, 0.2) is 0 Å². The molecule has 0 unspecified atom stereocenters. The predicted molar refractivity (Wildman–Crippen MR) is 99.6 cm³/mol. The fourth-order valence-electron chi connectivity index (χ4n) is 3.64. The Bertz CT molecular complexity index is 865. The highest BCUT2D eigenvalue weighted by Gasteiger charge is 2.36. The molecule has 0 saturated carbocycles. The van der Waals surface area contributed by atoms with Crippen LogP contribution < -0.4 is 20.3 Å². The molecule has 0 aliphatic carbocycles. The summed E-state index contributed by atoms with van der Waals surface area (Å²) in [4.78, 5) is 26.9. The fourth-order valence-corrected chi connectivity index (χ4v) is 3.64. The van der Waals surface area contributed by atoms with Crippen molar-refractivity contribution in [2.45, 2.75) is 25.4 Å². The average Bonchev–Trinajstić information content (AvgIpc) is 3.16. The molecule has 2 aromatic carbocycles. The molecule has 2 heterocycles. The zero-order chi connectivity index (χ0) is 18.1. The van der Waals surface area contributed by atoms with Crippen LogP contribution in [-0.4, -0.2) is 31.5 Å².